The summed E-state index contributed by atoms with van der Waals surface area (Å²) in [4.78, 5) is 38.3. The lowest BCUT2D eigenvalue weighted by Crippen LogP contribution is -2.54. The van der Waals surface area contributed by atoms with E-state index in [2.05, 4.69) is 5.32 Å². The standard InChI is InChI=1S/C31H23N3O7S/c1-39-28-18-20(11-16-27(28)40-19-21-7-5-6-10-26(21)34(37)38)17-25-29(35)32-31(42)33(30(25)36)22-12-14-24(15-13-22)41-23-8-3-2-4-9-23/h2-18H,19H2,1H3,(H,32,35,42). The number of methoxy groups -OCH3 is 1. The van der Waals surface area contributed by atoms with Crippen molar-refractivity contribution >= 4 is 46.6 Å². The van der Waals surface area contributed by atoms with Gasteiger partial charge in [-0.1, -0.05) is 36.4 Å². The molecule has 1 N–H and O–H groups in total. The molecule has 1 fully saturated rings. The fraction of sp³-hybridized carbons (Fsp3) is 0.0645. The van der Waals surface area contributed by atoms with Gasteiger partial charge in [-0.2, -0.15) is 0 Å². The molecule has 5 rings (SSSR count). The van der Waals surface area contributed by atoms with Crippen molar-refractivity contribution in [2.75, 3.05) is 12.0 Å². The molecular weight excluding hydrogens is 558 g/mol. The molecule has 0 aromatic heterocycles. The number of anilines is 1. The molecule has 2 amide bonds. The molecule has 0 aliphatic carbocycles. The SMILES string of the molecule is COc1cc(C=C2C(=O)NC(=S)N(c3ccc(Oc4ccccc4)cc3)C2=O)ccc1OCc1ccccc1[N+](=O)[O-]. The second-order valence-electron chi connectivity index (χ2n) is 8.95. The molecule has 10 nitrogen and oxygen atoms in total. The number of hydrogen-bond acceptors (Lipinski definition) is 8. The molecule has 0 atom stereocenters. The maximum atomic E-state index is 13.5. The molecule has 1 aliphatic rings. The summed E-state index contributed by atoms with van der Waals surface area (Å²) in [6.07, 6.45) is 1.42. The number of hydrogen-bond donors (Lipinski definition) is 1. The van der Waals surface area contributed by atoms with Gasteiger partial charge in [0, 0.05) is 6.07 Å². The first-order valence-corrected chi connectivity index (χ1v) is 13.0. The number of para-hydroxylation sites is 2. The molecule has 42 heavy (non-hydrogen) atoms. The Balaban J connectivity index is 1.35. The number of carbonyl (C=O) groups excluding carboxylic acids is 2. The lowest BCUT2D eigenvalue weighted by atomic mass is 10.1. The van der Waals surface area contributed by atoms with Crippen molar-refractivity contribution in [1.29, 1.82) is 0 Å². The van der Waals surface area contributed by atoms with Gasteiger partial charge in [-0.15, -0.1) is 0 Å². The zero-order chi connectivity index (χ0) is 29.6. The van der Waals surface area contributed by atoms with Crippen molar-refractivity contribution in [2.24, 2.45) is 0 Å². The fourth-order valence-electron chi connectivity index (χ4n) is 4.21. The number of benzene rings is 4. The van der Waals surface area contributed by atoms with Crippen molar-refractivity contribution in [3.05, 3.63) is 124 Å². The number of nitro benzene ring substituents is 1. The summed E-state index contributed by atoms with van der Waals surface area (Å²) in [6.45, 7) is -0.0591. The van der Waals surface area contributed by atoms with E-state index in [1.165, 1.54) is 24.2 Å². The molecule has 4 aromatic carbocycles. The van der Waals surface area contributed by atoms with Crippen molar-refractivity contribution in [3.8, 4) is 23.0 Å². The van der Waals surface area contributed by atoms with Crippen LogP contribution in [0.5, 0.6) is 23.0 Å². The van der Waals surface area contributed by atoms with Crippen molar-refractivity contribution < 1.29 is 28.7 Å². The van der Waals surface area contributed by atoms with E-state index in [9.17, 15) is 19.7 Å². The Kier molecular flexibility index (Phi) is 8.21. The molecule has 11 heteroatoms. The largest absolute Gasteiger partial charge is 0.493 e. The van der Waals surface area contributed by atoms with E-state index in [4.69, 9.17) is 26.4 Å². The summed E-state index contributed by atoms with van der Waals surface area (Å²) in [5.41, 5.74) is 1.15. The predicted molar refractivity (Wildman–Crippen MR) is 160 cm³/mol. The number of amides is 2. The topological polar surface area (TPSA) is 120 Å². The average molecular weight is 582 g/mol. The number of ether oxygens (including phenoxy) is 3. The van der Waals surface area contributed by atoms with E-state index < -0.39 is 16.7 Å². The van der Waals surface area contributed by atoms with Gasteiger partial charge in [0.2, 0.25) is 0 Å². The first-order chi connectivity index (χ1) is 20.3. The van der Waals surface area contributed by atoms with E-state index in [1.54, 1.807) is 60.7 Å². The summed E-state index contributed by atoms with van der Waals surface area (Å²) in [5, 5.41) is 13.8. The third kappa shape index (κ3) is 6.11. The Morgan fingerprint density at radius 2 is 1.60 bits per heavy atom. The molecule has 0 saturated carbocycles. The number of rotatable bonds is 9. The Morgan fingerprint density at radius 1 is 0.905 bits per heavy atom. The van der Waals surface area contributed by atoms with E-state index in [1.807, 2.05) is 30.3 Å². The first-order valence-electron chi connectivity index (χ1n) is 12.6. The van der Waals surface area contributed by atoms with Crippen molar-refractivity contribution in [3.63, 3.8) is 0 Å². The number of nitrogens with zero attached hydrogens (tertiary/aromatic N) is 2. The van der Waals surface area contributed by atoms with Gasteiger partial charge in [-0.05, 0) is 78.5 Å². The first kappa shape index (κ1) is 28.0. The van der Waals surface area contributed by atoms with E-state index in [-0.39, 0.29) is 23.0 Å². The Labute approximate surface area is 245 Å². The zero-order valence-electron chi connectivity index (χ0n) is 22.2. The van der Waals surface area contributed by atoms with Crippen LogP contribution in [0.1, 0.15) is 11.1 Å². The maximum absolute atomic E-state index is 13.5. The van der Waals surface area contributed by atoms with Crippen LogP contribution < -0.4 is 24.4 Å². The molecule has 0 unspecified atom stereocenters. The van der Waals surface area contributed by atoms with Crippen LogP contribution in [0.4, 0.5) is 11.4 Å². The third-order valence-electron chi connectivity index (χ3n) is 6.25. The minimum atomic E-state index is -0.638. The highest BCUT2D eigenvalue weighted by Gasteiger charge is 2.34. The minimum absolute atomic E-state index is 0.0461. The highest BCUT2D eigenvalue weighted by molar-refractivity contribution is 7.80. The summed E-state index contributed by atoms with van der Waals surface area (Å²) in [6, 6.07) is 27.1. The average Bonchev–Trinajstić information content (AvgIpc) is 2.99. The summed E-state index contributed by atoms with van der Waals surface area (Å²) < 4.78 is 17.0. The van der Waals surface area contributed by atoms with Gasteiger partial charge in [-0.25, -0.2) is 0 Å². The quantitative estimate of drug-likeness (QED) is 0.0865. The van der Waals surface area contributed by atoms with Gasteiger partial charge in [0.1, 0.15) is 23.7 Å². The summed E-state index contributed by atoms with van der Waals surface area (Å²) in [7, 11) is 1.44. The number of nitrogens with one attached hydrogen (secondary N) is 1. The van der Waals surface area contributed by atoms with Gasteiger partial charge in [0.15, 0.2) is 16.6 Å². The van der Waals surface area contributed by atoms with Crippen molar-refractivity contribution in [2.45, 2.75) is 6.61 Å². The van der Waals surface area contributed by atoms with Crippen LogP contribution in [0, 0.1) is 10.1 Å². The van der Waals surface area contributed by atoms with Gasteiger partial charge in [0.25, 0.3) is 17.5 Å². The monoisotopic (exact) mass is 581 g/mol. The van der Waals surface area contributed by atoms with Crippen LogP contribution in [-0.2, 0) is 16.2 Å². The number of nitro groups is 1. The van der Waals surface area contributed by atoms with E-state index >= 15 is 0 Å². The van der Waals surface area contributed by atoms with Gasteiger partial charge in [0.05, 0.1) is 23.3 Å². The number of thiocarbonyl (C=S) groups is 1. The lowest BCUT2D eigenvalue weighted by molar-refractivity contribution is -0.385. The maximum Gasteiger partial charge on any atom is 0.276 e. The zero-order valence-corrected chi connectivity index (χ0v) is 23.0. The lowest BCUT2D eigenvalue weighted by Gasteiger charge is -2.29. The van der Waals surface area contributed by atoms with Gasteiger partial charge < -0.3 is 14.2 Å². The van der Waals surface area contributed by atoms with Gasteiger partial charge >= 0.3 is 0 Å². The second kappa shape index (κ2) is 12.3. The van der Waals surface area contributed by atoms with Crippen LogP contribution in [0.3, 0.4) is 0 Å². The predicted octanol–water partition coefficient (Wildman–Crippen LogP) is 5.81. The highest BCUT2D eigenvalue weighted by Crippen LogP contribution is 2.32. The molecule has 1 saturated heterocycles. The van der Waals surface area contributed by atoms with E-state index in [0.717, 1.165) is 0 Å². The molecule has 4 aromatic rings. The molecule has 1 heterocycles. The molecule has 0 radical (unpaired) electrons. The molecule has 0 bridgehead atoms. The van der Waals surface area contributed by atoms with Crippen LogP contribution in [0.2, 0.25) is 0 Å². The Hall–Kier alpha value is -5.55. The summed E-state index contributed by atoms with van der Waals surface area (Å²) in [5.74, 6) is 0.639. The molecule has 1 aliphatic heterocycles. The van der Waals surface area contributed by atoms with Crippen molar-refractivity contribution in [1.82, 2.24) is 5.32 Å². The Bertz CT molecular complexity index is 1710. The van der Waals surface area contributed by atoms with E-state index in [0.29, 0.717) is 39.8 Å². The van der Waals surface area contributed by atoms with Crippen LogP contribution in [0.15, 0.2) is 103 Å². The fourth-order valence-corrected chi connectivity index (χ4v) is 4.49. The third-order valence-corrected chi connectivity index (χ3v) is 6.53. The van der Waals surface area contributed by atoms with Gasteiger partial charge in [-0.3, -0.25) is 29.9 Å². The van der Waals surface area contributed by atoms with Crippen LogP contribution in [0.25, 0.3) is 6.08 Å². The minimum Gasteiger partial charge on any atom is -0.493 e. The van der Waals surface area contributed by atoms with Crippen LogP contribution >= 0.6 is 12.2 Å². The second-order valence-corrected chi connectivity index (χ2v) is 9.34. The smallest absolute Gasteiger partial charge is 0.276 e. The van der Waals surface area contributed by atoms with Crippen LogP contribution in [-0.4, -0.2) is 29.0 Å². The summed E-state index contributed by atoms with van der Waals surface area (Å²) >= 11 is 5.31. The molecule has 210 valence electrons. The normalized spacial score (nSPS) is 14.0. The highest BCUT2D eigenvalue weighted by atomic mass is 32.1. The molecule has 0 spiro atoms. The Morgan fingerprint density at radius 3 is 2.31 bits per heavy atom. The number of carbonyl (C=O) groups is 2. The molecular formula is C31H23N3O7S.